The normalized spacial score (nSPS) is 10.6. The summed E-state index contributed by atoms with van der Waals surface area (Å²) in [4.78, 5) is 28.4. The van der Waals surface area contributed by atoms with Crippen molar-refractivity contribution in [2.24, 2.45) is 10.7 Å². The van der Waals surface area contributed by atoms with E-state index in [1.807, 2.05) is 0 Å². The third-order valence-corrected chi connectivity index (χ3v) is 3.41. The maximum absolute atomic E-state index is 13.3. The van der Waals surface area contributed by atoms with Gasteiger partial charge < -0.3 is 20.5 Å². The molecule has 0 atom stereocenters. The highest BCUT2D eigenvalue weighted by atomic mass is 19.1. The first-order chi connectivity index (χ1) is 13.6. The fourth-order valence-corrected chi connectivity index (χ4v) is 2.18. The minimum Gasteiger partial charge on any atom is -0.495 e. The Morgan fingerprint density at radius 2 is 1.96 bits per heavy atom. The highest BCUT2D eigenvalue weighted by Gasteiger charge is 2.15. The van der Waals surface area contributed by atoms with Crippen LogP contribution in [0.1, 0.15) is 11.8 Å². The van der Waals surface area contributed by atoms with Crippen LogP contribution in [0.25, 0.3) is 0 Å². The Labute approximate surface area is 160 Å². The number of nitrogens with two attached hydrogens (primary N) is 1. The number of rotatable bonds is 6. The quantitative estimate of drug-likeness (QED) is 0.494. The molecule has 144 valence electrons. The van der Waals surface area contributed by atoms with Crippen molar-refractivity contribution in [2.45, 2.75) is 0 Å². The largest absolute Gasteiger partial charge is 0.495 e. The summed E-state index contributed by atoms with van der Waals surface area (Å²) in [6.45, 7) is 0. The second-order valence-electron chi connectivity index (χ2n) is 5.30. The number of carbonyl (C=O) groups is 1. The van der Waals surface area contributed by atoms with Gasteiger partial charge in [0.15, 0.2) is 5.82 Å². The third-order valence-electron chi connectivity index (χ3n) is 3.41. The van der Waals surface area contributed by atoms with Crippen molar-refractivity contribution in [1.29, 1.82) is 0 Å². The Bertz CT molecular complexity index is 1020. The Morgan fingerprint density at radius 3 is 2.64 bits per heavy atom. The van der Waals surface area contributed by atoms with E-state index in [0.717, 1.165) is 18.6 Å². The van der Waals surface area contributed by atoms with Gasteiger partial charge in [-0.2, -0.15) is 0 Å². The number of hydrogen-bond acceptors (Lipinski definition) is 7. The molecule has 0 fully saturated rings. The van der Waals surface area contributed by atoms with Crippen LogP contribution >= 0.6 is 0 Å². The molecule has 0 unspecified atom stereocenters. The highest BCUT2D eigenvalue weighted by molar-refractivity contribution is 6.07. The summed E-state index contributed by atoms with van der Waals surface area (Å²) in [5.74, 6) is 0.183. The van der Waals surface area contributed by atoms with Gasteiger partial charge in [-0.3, -0.25) is 9.78 Å². The van der Waals surface area contributed by atoms with Crippen LogP contribution in [0.3, 0.4) is 0 Å². The number of aliphatic imine (C=N–C) groups is 1. The Balaban J connectivity index is 0.00000300. The summed E-state index contributed by atoms with van der Waals surface area (Å²) in [6.07, 6.45) is 6.18. The van der Waals surface area contributed by atoms with Crippen LogP contribution in [0.5, 0.6) is 17.2 Å². The number of amides is 1. The van der Waals surface area contributed by atoms with Crippen molar-refractivity contribution >= 4 is 23.9 Å². The van der Waals surface area contributed by atoms with E-state index in [0.29, 0.717) is 11.6 Å². The maximum Gasteiger partial charge on any atom is 0.260 e. The molecule has 28 heavy (non-hydrogen) atoms. The highest BCUT2D eigenvalue weighted by Crippen LogP contribution is 2.26. The summed E-state index contributed by atoms with van der Waals surface area (Å²) in [6, 6.07) is 5.78. The SMILES string of the molecule is COc1ccc(NC(=O)c2cc(Oc3cncc(F)c3)cnc2/N=C\N)nc1.[HH]. The minimum absolute atomic E-state index is 0. The van der Waals surface area contributed by atoms with Gasteiger partial charge in [0.05, 0.1) is 43.8 Å². The maximum atomic E-state index is 13.3. The van der Waals surface area contributed by atoms with E-state index in [4.69, 9.17) is 15.2 Å². The van der Waals surface area contributed by atoms with Crippen LogP contribution in [0, 0.1) is 5.82 Å². The first kappa shape index (κ1) is 18.7. The van der Waals surface area contributed by atoms with Gasteiger partial charge >= 0.3 is 0 Å². The van der Waals surface area contributed by atoms with Crippen LogP contribution < -0.4 is 20.5 Å². The fourth-order valence-electron chi connectivity index (χ4n) is 2.18. The van der Waals surface area contributed by atoms with Crippen LogP contribution in [-0.4, -0.2) is 34.3 Å². The lowest BCUT2D eigenvalue weighted by Gasteiger charge is -2.10. The van der Waals surface area contributed by atoms with E-state index in [1.54, 1.807) is 12.1 Å². The summed E-state index contributed by atoms with van der Waals surface area (Å²) >= 11 is 0. The summed E-state index contributed by atoms with van der Waals surface area (Å²) in [7, 11) is 1.51. The van der Waals surface area contributed by atoms with Gasteiger partial charge in [0, 0.05) is 7.49 Å². The number of anilines is 1. The molecule has 3 N–H and O–H groups in total. The van der Waals surface area contributed by atoms with Crippen molar-refractivity contribution in [3.8, 4) is 17.2 Å². The number of nitrogens with one attached hydrogen (secondary N) is 1. The van der Waals surface area contributed by atoms with E-state index in [1.165, 1.54) is 31.8 Å². The first-order valence-electron chi connectivity index (χ1n) is 7.93. The third kappa shape index (κ3) is 4.55. The average molecular weight is 384 g/mol. The van der Waals surface area contributed by atoms with Crippen molar-refractivity contribution in [3.05, 3.63) is 60.4 Å². The zero-order valence-corrected chi connectivity index (χ0v) is 14.7. The van der Waals surface area contributed by atoms with E-state index in [-0.39, 0.29) is 24.3 Å². The second kappa shape index (κ2) is 8.54. The van der Waals surface area contributed by atoms with E-state index >= 15 is 0 Å². The van der Waals surface area contributed by atoms with Crippen LogP contribution in [0.2, 0.25) is 0 Å². The van der Waals surface area contributed by atoms with Crippen molar-refractivity contribution < 1.29 is 20.1 Å². The Morgan fingerprint density at radius 1 is 1.18 bits per heavy atom. The van der Waals surface area contributed by atoms with E-state index in [2.05, 4.69) is 25.3 Å². The van der Waals surface area contributed by atoms with Gasteiger partial charge in [-0.15, -0.1) is 0 Å². The number of carbonyl (C=O) groups excluding carboxylic acids is 1. The zero-order chi connectivity index (χ0) is 19.9. The minimum atomic E-state index is -0.557. The Hall–Kier alpha value is -4.08. The number of methoxy groups -OCH3 is 1. The molecule has 0 aliphatic heterocycles. The summed E-state index contributed by atoms with van der Waals surface area (Å²) < 4.78 is 23.8. The molecule has 3 aromatic rings. The topological polar surface area (TPSA) is 125 Å². The molecule has 1 amide bonds. The lowest BCUT2D eigenvalue weighted by atomic mass is 10.2. The molecule has 0 spiro atoms. The van der Waals surface area contributed by atoms with Gasteiger partial charge in [-0.25, -0.2) is 19.4 Å². The lowest BCUT2D eigenvalue weighted by molar-refractivity contribution is 0.102. The number of pyridine rings is 3. The van der Waals surface area contributed by atoms with Crippen molar-refractivity contribution in [1.82, 2.24) is 15.0 Å². The number of hydrogen-bond donors (Lipinski definition) is 2. The molecule has 3 rings (SSSR count). The Kier molecular flexibility index (Phi) is 5.70. The predicted molar refractivity (Wildman–Crippen MR) is 102 cm³/mol. The molecule has 3 heterocycles. The van der Waals surface area contributed by atoms with Crippen molar-refractivity contribution in [3.63, 3.8) is 0 Å². The molecule has 0 aliphatic rings. The zero-order valence-electron chi connectivity index (χ0n) is 14.7. The summed E-state index contributed by atoms with van der Waals surface area (Å²) in [5.41, 5.74) is 5.41. The van der Waals surface area contributed by atoms with Crippen LogP contribution in [0.15, 0.2) is 54.0 Å². The molecule has 0 saturated heterocycles. The molecular formula is C18H17FN6O3. The van der Waals surface area contributed by atoms with E-state index in [9.17, 15) is 9.18 Å². The molecule has 0 bridgehead atoms. The molecule has 0 aromatic carbocycles. The molecular weight excluding hydrogens is 367 g/mol. The number of halogens is 1. The fraction of sp³-hybridized carbons (Fsp3) is 0.0556. The molecule has 0 radical (unpaired) electrons. The molecule has 0 aliphatic carbocycles. The molecule has 0 saturated carbocycles. The number of aromatic nitrogens is 3. The van der Waals surface area contributed by atoms with Gasteiger partial charge in [-0.1, -0.05) is 0 Å². The molecule has 9 nitrogen and oxygen atoms in total. The van der Waals surface area contributed by atoms with Crippen LogP contribution in [-0.2, 0) is 0 Å². The van der Waals surface area contributed by atoms with Gasteiger partial charge in [0.1, 0.15) is 28.9 Å². The van der Waals surface area contributed by atoms with Gasteiger partial charge in [-0.05, 0) is 18.2 Å². The standard InChI is InChI=1S/C18H15FN6O3.H2/c1-27-12-2-3-16(22-8-12)25-18(26)15-5-14(9-23-17(15)24-10-20)28-13-4-11(19)6-21-7-13;/h2-10H,1H3,(H2,20,23,24)(H,22,25,26);1H. The monoisotopic (exact) mass is 384 g/mol. The lowest BCUT2D eigenvalue weighted by Crippen LogP contribution is -2.14. The van der Waals surface area contributed by atoms with Crippen molar-refractivity contribution in [2.75, 3.05) is 12.4 Å². The number of nitrogens with zero attached hydrogens (tertiary/aromatic N) is 4. The predicted octanol–water partition coefficient (Wildman–Crippen LogP) is 2.93. The number of ether oxygens (including phenoxy) is 2. The van der Waals surface area contributed by atoms with Crippen LogP contribution in [0.4, 0.5) is 16.0 Å². The average Bonchev–Trinajstić information content (AvgIpc) is 2.70. The smallest absolute Gasteiger partial charge is 0.260 e. The molecule has 3 aromatic heterocycles. The molecule has 10 heteroatoms. The first-order valence-corrected chi connectivity index (χ1v) is 7.93. The van der Waals surface area contributed by atoms with E-state index < -0.39 is 11.7 Å². The van der Waals surface area contributed by atoms with Gasteiger partial charge in [0.2, 0.25) is 0 Å². The summed E-state index contributed by atoms with van der Waals surface area (Å²) in [5, 5.41) is 2.62. The second-order valence-corrected chi connectivity index (χ2v) is 5.30. The van der Waals surface area contributed by atoms with Gasteiger partial charge in [0.25, 0.3) is 5.91 Å².